The third-order valence-electron chi connectivity index (χ3n) is 3.07. The first-order chi connectivity index (χ1) is 8.15. The second-order valence-corrected chi connectivity index (χ2v) is 4.58. The molecular formula is C13H16ClN3. The van der Waals surface area contributed by atoms with Gasteiger partial charge in [0.25, 0.3) is 0 Å². The van der Waals surface area contributed by atoms with Crippen LogP contribution in [0.3, 0.4) is 0 Å². The molecule has 2 rings (SSSR count). The van der Waals surface area contributed by atoms with E-state index in [-0.39, 0.29) is 6.04 Å². The maximum atomic E-state index is 5.89. The average molecular weight is 250 g/mol. The summed E-state index contributed by atoms with van der Waals surface area (Å²) < 4.78 is 0. The quantitative estimate of drug-likeness (QED) is 0.783. The third kappa shape index (κ3) is 2.20. The standard InChI is InChI=1S/C13H16ClN3/c1-9(8-14)17(3)13-12-7-5-4-6-11(12)10(2)15-16-13/h4-7,9H,8H2,1-3H3. The molecule has 1 atom stereocenters. The Kier molecular flexibility index (Phi) is 3.48. The number of rotatable bonds is 3. The summed E-state index contributed by atoms with van der Waals surface area (Å²) in [5, 5.41) is 10.8. The van der Waals surface area contributed by atoms with Gasteiger partial charge in [0.1, 0.15) is 0 Å². The van der Waals surface area contributed by atoms with Crippen LogP contribution in [-0.2, 0) is 0 Å². The van der Waals surface area contributed by atoms with E-state index in [0.717, 1.165) is 22.3 Å². The van der Waals surface area contributed by atoms with Crippen molar-refractivity contribution in [3.05, 3.63) is 30.0 Å². The minimum Gasteiger partial charge on any atom is -0.354 e. The van der Waals surface area contributed by atoms with E-state index in [1.54, 1.807) is 0 Å². The largest absolute Gasteiger partial charge is 0.354 e. The van der Waals surface area contributed by atoms with Crippen LogP contribution < -0.4 is 4.90 Å². The van der Waals surface area contributed by atoms with Gasteiger partial charge in [-0.1, -0.05) is 24.3 Å². The molecule has 0 bridgehead atoms. The molecular weight excluding hydrogens is 234 g/mol. The molecule has 0 radical (unpaired) electrons. The molecule has 1 unspecified atom stereocenters. The van der Waals surface area contributed by atoms with Crippen molar-refractivity contribution >= 4 is 28.2 Å². The van der Waals surface area contributed by atoms with Crippen molar-refractivity contribution in [1.29, 1.82) is 0 Å². The van der Waals surface area contributed by atoms with Crippen LogP contribution in [0.4, 0.5) is 5.82 Å². The summed E-state index contributed by atoms with van der Waals surface area (Å²) in [4.78, 5) is 2.07. The number of anilines is 1. The van der Waals surface area contributed by atoms with Crippen LogP contribution in [0.5, 0.6) is 0 Å². The molecule has 0 saturated carbocycles. The predicted molar refractivity (Wildman–Crippen MR) is 72.9 cm³/mol. The summed E-state index contributed by atoms with van der Waals surface area (Å²) in [6.45, 7) is 4.05. The second kappa shape index (κ2) is 4.88. The van der Waals surface area contributed by atoms with Gasteiger partial charge in [-0.15, -0.1) is 16.7 Å². The topological polar surface area (TPSA) is 29.0 Å². The lowest BCUT2D eigenvalue weighted by molar-refractivity contribution is 0.742. The Balaban J connectivity index is 2.59. The number of aryl methyl sites for hydroxylation is 1. The molecule has 90 valence electrons. The molecule has 1 aromatic heterocycles. The minimum atomic E-state index is 0.233. The third-order valence-corrected chi connectivity index (χ3v) is 3.52. The predicted octanol–water partition coefficient (Wildman–Crippen LogP) is 3.00. The van der Waals surface area contributed by atoms with Gasteiger partial charge < -0.3 is 4.90 Å². The zero-order valence-electron chi connectivity index (χ0n) is 10.3. The summed E-state index contributed by atoms with van der Waals surface area (Å²) in [7, 11) is 2.00. The normalized spacial score (nSPS) is 12.7. The molecule has 0 spiro atoms. The molecule has 0 amide bonds. The molecule has 0 aliphatic heterocycles. The van der Waals surface area contributed by atoms with Gasteiger partial charge in [-0.2, -0.15) is 5.10 Å². The Hall–Kier alpha value is -1.35. The lowest BCUT2D eigenvalue weighted by atomic mass is 10.1. The summed E-state index contributed by atoms with van der Waals surface area (Å²) in [6.07, 6.45) is 0. The number of alkyl halides is 1. The van der Waals surface area contributed by atoms with Gasteiger partial charge in [0, 0.05) is 29.7 Å². The summed E-state index contributed by atoms with van der Waals surface area (Å²) in [5.74, 6) is 1.46. The van der Waals surface area contributed by atoms with E-state index in [0.29, 0.717) is 5.88 Å². The minimum absolute atomic E-state index is 0.233. The van der Waals surface area contributed by atoms with Crippen LogP contribution >= 0.6 is 11.6 Å². The van der Waals surface area contributed by atoms with Crippen LogP contribution in [-0.4, -0.2) is 29.2 Å². The molecule has 0 N–H and O–H groups in total. The van der Waals surface area contributed by atoms with Crippen molar-refractivity contribution in [1.82, 2.24) is 10.2 Å². The van der Waals surface area contributed by atoms with Gasteiger partial charge in [-0.05, 0) is 13.8 Å². The van der Waals surface area contributed by atoms with Gasteiger partial charge in [-0.25, -0.2) is 0 Å². The van der Waals surface area contributed by atoms with Crippen LogP contribution in [0, 0.1) is 6.92 Å². The molecule has 0 saturated heterocycles. The average Bonchev–Trinajstić information content (AvgIpc) is 2.38. The Morgan fingerprint density at radius 1 is 1.24 bits per heavy atom. The van der Waals surface area contributed by atoms with Crippen LogP contribution in [0.2, 0.25) is 0 Å². The number of nitrogens with zero attached hydrogens (tertiary/aromatic N) is 3. The van der Waals surface area contributed by atoms with Crippen molar-refractivity contribution in [3.8, 4) is 0 Å². The fraction of sp³-hybridized carbons (Fsp3) is 0.385. The molecule has 0 fully saturated rings. The van der Waals surface area contributed by atoms with Crippen molar-refractivity contribution < 1.29 is 0 Å². The maximum absolute atomic E-state index is 5.89. The number of benzene rings is 1. The summed E-state index contributed by atoms with van der Waals surface area (Å²) >= 11 is 5.89. The van der Waals surface area contributed by atoms with E-state index in [1.165, 1.54) is 0 Å². The highest BCUT2D eigenvalue weighted by atomic mass is 35.5. The van der Waals surface area contributed by atoms with E-state index in [2.05, 4.69) is 34.2 Å². The summed E-state index contributed by atoms with van der Waals surface area (Å²) in [5.41, 5.74) is 0.955. The fourth-order valence-electron chi connectivity index (χ4n) is 1.80. The highest BCUT2D eigenvalue weighted by Crippen LogP contribution is 2.25. The molecule has 1 aromatic carbocycles. The number of halogens is 1. The molecule has 1 heterocycles. The van der Waals surface area contributed by atoms with Crippen molar-refractivity contribution in [3.63, 3.8) is 0 Å². The zero-order chi connectivity index (χ0) is 12.4. The lowest BCUT2D eigenvalue weighted by Crippen LogP contribution is -2.31. The number of hydrogen-bond donors (Lipinski definition) is 0. The van der Waals surface area contributed by atoms with Gasteiger partial charge >= 0.3 is 0 Å². The van der Waals surface area contributed by atoms with Gasteiger partial charge in [0.15, 0.2) is 5.82 Å². The van der Waals surface area contributed by atoms with Crippen LogP contribution in [0.1, 0.15) is 12.6 Å². The van der Waals surface area contributed by atoms with E-state index in [1.807, 2.05) is 26.1 Å². The van der Waals surface area contributed by atoms with E-state index < -0.39 is 0 Å². The first-order valence-corrected chi connectivity index (χ1v) is 6.19. The Labute approximate surface area is 106 Å². The highest BCUT2D eigenvalue weighted by Gasteiger charge is 2.14. The zero-order valence-corrected chi connectivity index (χ0v) is 11.1. The maximum Gasteiger partial charge on any atom is 0.159 e. The number of fused-ring (bicyclic) bond motifs is 1. The van der Waals surface area contributed by atoms with Gasteiger partial charge in [0.05, 0.1) is 5.69 Å². The first-order valence-electron chi connectivity index (χ1n) is 5.66. The number of aromatic nitrogens is 2. The number of hydrogen-bond acceptors (Lipinski definition) is 3. The van der Waals surface area contributed by atoms with Crippen molar-refractivity contribution in [2.24, 2.45) is 0 Å². The van der Waals surface area contributed by atoms with Gasteiger partial charge in [-0.3, -0.25) is 0 Å². The molecule has 0 aliphatic rings. The highest BCUT2D eigenvalue weighted by molar-refractivity contribution is 6.18. The van der Waals surface area contributed by atoms with Crippen LogP contribution in [0.25, 0.3) is 10.8 Å². The molecule has 0 aliphatic carbocycles. The molecule has 4 heteroatoms. The van der Waals surface area contributed by atoms with Gasteiger partial charge in [0.2, 0.25) is 0 Å². The summed E-state index contributed by atoms with van der Waals surface area (Å²) in [6, 6.07) is 8.42. The Morgan fingerprint density at radius 3 is 2.53 bits per heavy atom. The Morgan fingerprint density at radius 2 is 1.88 bits per heavy atom. The lowest BCUT2D eigenvalue weighted by Gasteiger charge is -2.25. The van der Waals surface area contributed by atoms with Crippen molar-refractivity contribution in [2.75, 3.05) is 17.8 Å². The van der Waals surface area contributed by atoms with E-state index >= 15 is 0 Å². The fourth-order valence-corrected chi connectivity index (χ4v) is 2.00. The monoisotopic (exact) mass is 249 g/mol. The SMILES string of the molecule is Cc1nnc(N(C)C(C)CCl)c2ccccc12. The first kappa shape index (κ1) is 12.1. The molecule has 2 aromatic rings. The molecule has 3 nitrogen and oxygen atoms in total. The van der Waals surface area contributed by atoms with E-state index in [9.17, 15) is 0 Å². The Bertz CT molecular complexity index is 527. The van der Waals surface area contributed by atoms with Crippen molar-refractivity contribution in [2.45, 2.75) is 19.9 Å². The van der Waals surface area contributed by atoms with Crippen LogP contribution in [0.15, 0.2) is 24.3 Å². The molecule has 17 heavy (non-hydrogen) atoms. The second-order valence-electron chi connectivity index (χ2n) is 4.27. The smallest absolute Gasteiger partial charge is 0.159 e. The van der Waals surface area contributed by atoms with E-state index in [4.69, 9.17) is 11.6 Å².